The largest absolute Gasteiger partial charge is 0.472 e. The minimum atomic E-state index is -4.77. The normalized spacial score (nSPS) is 14.2. The molecule has 0 aliphatic carbocycles. The van der Waals surface area contributed by atoms with Crippen molar-refractivity contribution in [2.75, 3.05) is 26.4 Å². The number of carbonyl (C=O) groups excluding carboxylic acids is 3. The average Bonchev–Trinajstić information content (AvgIpc) is 3.39. The first-order valence-corrected chi connectivity index (χ1v) is 30.3. The summed E-state index contributed by atoms with van der Waals surface area (Å²) in [5, 5.41) is 9.80. The SMILES string of the molecule is CC/C=C\C/C=C\C/C=C\C/C=C\C/C=C\CCCCCC(=O)OC(COC(=O)CCCCCC/C=C\C/C=C\C/C=C\C/C=C\CC)COP(=O)(O)OCC(CO)OC(=O)CCCCCCCCCCCCC. The Labute approximate surface area is 450 Å². The van der Waals surface area contributed by atoms with Crippen molar-refractivity contribution in [1.29, 1.82) is 0 Å². The van der Waals surface area contributed by atoms with E-state index in [1.165, 1.54) is 44.9 Å². The Hall–Kier alpha value is -3.86. The van der Waals surface area contributed by atoms with Crippen LogP contribution in [0.15, 0.2) is 109 Å². The molecule has 3 atom stereocenters. The van der Waals surface area contributed by atoms with Gasteiger partial charge < -0.3 is 24.2 Å². The zero-order valence-corrected chi connectivity index (χ0v) is 47.4. The molecule has 0 saturated carbocycles. The molecule has 0 aliphatic heterocycles. The lowest BCUT2D eigenvalue weighted by Crippen LogP contribution is -2.30. The molecule has 2 N–H and O–H groups in total. The Balaban J connectivity index is 4.85. The van der Waals surface area contributed by atoms with Crippen LogP contribution in [0.5, 0.6) is 0 Å². The van der Waals surface area contributed by atoms with E-state index in [0.717, 1.165) is 122 Å². The maximum Gasteiger partial charge on any atom is 0.472 e. The van der Waals surface area contributed by atoms with Gasteiger partial charge in [-0.25, -0.2) is 4.57 Å². The lowest BCUT2D eigenvalue weighted by Gasteiger charge is -2.21. The number of carbonyl (C=O) groups is 3. The smallest absolute Gasteiger partial charge is 0.462 e. The molecule has 0 aromatic heterocycles. The third kappa shape index (κ3) is 53.0. The summed E-state index contributed by atoms with van der Waals surface area (Å²) >= 11 is 0. The van der Waals surface area contributed by atoms with Gasteiger partial charge in [0.25, 0.3) is 0 Å². The van der Waals surface area contributed by atoms with Crippen LogP contribution < -0.4 is 0 Å². The van der Waals surface area contributed by atoms with Crippen LogP contribution in [0.2, 0.25) is 0 Å². The lowest BCUT2D eigenvalue weighted by molar-refractivity contribution is -0.161. The van der Waals surface area contributed by atoms with E-state index in [0.29, 0.717) is 19.3 Å². The first-order valence-electron chi connectivity index (χ1n) is 28.8. The molecule has 0 bridgehead atoms. The standard InChI is InChI=1S/C62H103O11P/c1-4-7-10-13-16-19-22-24-26-28-29-31-33-35-38-41-44-47-50-53-62(66)73-59(55-69-60(64)51-48-45-42-39-37-34-32-30-27-25-23-20-17-14-11-8-5-2)57-71-74(67,68)70-56-58(54-63)72-61(65)52-49-46-43-40-36-21-18-15-12-9-6-3/h7-8,10-11,16-17,19-20,24-27,29,31-32,34-35,38,58-59,63H,4-6,9,12-15,18,21-23,28,30,33,36-37,39-57H2,1-3H3,(H,67,68)/b10-7-,11-8-,19-16-,20-17-,26-24-,27-25-,31-29-,34-32-,38-35-. The van der Waals surface area contributed by atoms with Gasteiger partial charge in [0.15, 0.2) is 6.10 Å². The van der Waals surface area contributed by atoms with Crippen LogP contribution in [0.25, 0.3) is 0 Å². The van der Waals surface area contributed by atoms with Gasteiger partial charge in [-0.3, -0.25) is 23.4 Å². The summed E-state index contributed by atoms with van der Waals surface area (Å²) < 4.78 is 39.4. The average molecular weight is 1060 g/mol. The molecule has 0 heterocycles. The molecule has 12 heteroatoms. The first kappa shape index (κ1) is 70.1. The number of aliphatic hydroxyl groups excluding tert-OH is 1. The quantitative estimate of drug-likeness (QED) is 0.0197. The number of rotatable bonds is 52. The van der Waals surface area contributed by atoms with Gasteiger partial charge in [-0.2, -0.15) is 0 Å². The second-order valence-electron chi connectivity index (χ2n) is 18.7. The van der Waals surface area contributed by atoms with E-state index < -0.39 is 57.8 Å². The van der Waals surface area contributed by atoms with Gasteiger partial charge in [-0.15, -0.1) is 0 Å². The summed E-state index contributed by atoms with van der Waals surface area (Å²) in [5.41, 5.74) is 0. The number of hydrogen-bond acceptors (Lipinski definition) is 10. The number of esters is 3. The molecule has 0 amide bonds. The van der Waals surface area contributed by atoms with Crippen LogP contribution in [0.1, 0.15) is 226 Å². The number of ether oxygens (including phenoxy) is 3. The van der Waals surface area contributed by atoms with Gasteiger partial charge in [0.1, 0.15) is 12.7 Å². The van der Waals surface area contributed by atoms with Crippen molar-refractivity contribution in [3.05, 3.63) is 109 Å². The molecule has 0 spiro atoms. The van der Waals surface area contributed by atoms with E-state index in [-0.39, 0.29) is 25.9 Å². The monoisotopic (exact) mass is 1050 g/mol. The molecule has 0 saturated heterocycles. The second kappa shape index (κ2) is 55.4. The number of phosphoric acid groups is 1. The highest BCUT2D eigenvalue weighted by Gasteiger charge is 2.28. The molecule has 0 radical (unpaired) electrons. The highest BCUT2D eigenvalue weighted by molar-refractivity contribution is 7.47. The molecule has 0 aromatic rings. The fourth-order valence-electron chi connectivity index (χ4n) is 7.37. The van der Waals surface area contributed by atoms with Gasteiger partial charge in [0, 0.05) is 19.3 Å². The predicted octanol–water partition coefficient (Wildman–Crippen LogP) is 17.0. The van der Waals surface area contributed by atoms with Crippen LogP contribution >= 0.6 is 7.82 Å². The van der Waals surface area contributed by atoms with E-state index in [2.05, 4.69) is 130 Å². The maximum atomic E-state index is 12.9. The van der Waals surface area contributed by atoms with Crippen molar-refractivity contribution in [2.24, 2.45) is 0 Å². The minimum Gasteiger partial charge on any atom is -0.462 e. The molecule has 0 rings (SSSR count). The summed E-state index contributed by atoms with van der Waals surface area (Å²) in [4.78, 5) is 48.5. The van der Waals surface area contributed by atoms with Crippen LogP contribution in [0.4, 0.5) is 0 Å². The highest BCUT2D eigenvalue weighted by Crippen LogP contribution is 2.43. The summed E-state index contributed by atoms with van der Waals surface area (Å²) in [7, 11) is -4.77. The van der Waals surface area contributed by atoms with Crippen molar-refractivity contribution >= 4 is 25.7 Å². The Bertz CT molecular complexity index is 1660. The Morgan fingerprint density at radius 1 is 0.392 bits per heavy atom. The third-order valence-corrected chi connectivity index (χ3v) is 12.6. The molecule has 74 heavy (non-hydrogen) atoms. The number of aliphatic hydroxyl groups is 1. The van der Waals surface area contributed by atoms with Crippen LogP contribution in [-0.2, 0) is 42.2 Å². The number of allylic oxidation sites excluding steroid dienone is 18. The topological polar surface area (TPSA) is 155 Å². The summed E-state index contributed by atoms with van der Waals surface area (Å²) in [6, 6.07) is 0. The van der Waals surface area contributed by atoms with Gasteiger partial charge in [-0.05, 0) is 103 Å². The number of unbranched alkanes of at least 4 members (excludes halogenated alkanes) is 17. The molecule has 422 valence electrons. The molecule has 11 nitrogen and oxygen atoms in total. The van der Waals surface area contributed by atoms with E-state index in [9.17, 15) is 28.9 Å². The van der Waals surface area contributed by atoms with Crippen molar-refractivity contribution in [3.8, 4) is 0 Å². The molecule has 0 fully saturated rings. The van der Waals surface area contributed by atoms with Crippen molar-refractivity contribution in [1.82, 2.24) is 0 Å². The molecular weight excluding hydrogens is 952 g/mol. The number of hydrogen-bond donors (Lipinski definition) is 2. The first-order chi connectivity index (χ1) is 36.2. The highest BCUT2D eigenvalue weighted by atomic mass is 31.2. The third-order valence-electron chi connectivity index (χ3n) is 11.7. The lowest BCUT2D eigenvalue weighted by atomic mass is 10.1. The second-order valence-corrected chi connectivity index (χ2v) is 20.1. The summed E-state index contributed by atoms with van der Waals surface area (Å²) in [5.74, 6) is -1.54. The zero-order valence-electron chi connectivity index (χ0n) is 46.5. The van der Waals surface area contributed by atoms with Crippen LogP contribution in [0, 0.1) is 0 Å². The van der Waals surface area contributed by atoms with Gasteiger partial charge in [0.2, 0.25) is 0 Å². The van der Waals surface area contributed by atoms with Gasteiger partial charge >= 0.3 is 25.7 Å². The van der Waals surface area contributed by atoms with Crippen LogP contribution in [-0.4, -0.2) is 66.5 Å². The van der Waals surface area contributed by atoms with E-state index in [1.54, 1.807) is 0 Å². The van der Waals surface area contributed by atoms with Crippen LogP contribution in [0.3, 0.4) is 0 Å². The molecular formula is C62H103O11P. The fourth-order valence-corrected chi connectivity index (χ4v) is 8.16. The van der Waals surface area contributed by atoms with Crippen molar-refractivity contribution in [2.45, 2.75) is 238 Å². The minimum absolute atomic E-state index is 0.118. The van der Waals surface area contributed by atoms with Crippen molar-refractivity contribution < 1.29 is 52.2 Å². The van der Waals surface area contributed by atoms with Crippen molar-refractivity contribution in [3.63, 3.8) is 0 Å². The fraction of sp³-hybridized carbons (Fsp3) is 0.661. The number of phosphoric ester groups is 1. The predicted molar refractivity (Wildman–Crippen MR) is 307 cm³/mol. The zero-order chi connectivity index (χ0) is 54.1. The van der Waals surface area contributed by atoms with E-state index >= 15 is 0 Å². The summed E-state index contributed by atoms with van der Waals surface area (Å²) in [6.07, 6.45) is 66.2. The summed E-state index contributed by atoms with van der Waals surface area (Å²) in [6.45, 7) is 4.33. The molecule has 0 aliphatic rings. The van der Waals surface area contributed by atoms with E-state index in [4.69, 9.17) is 23.3 Å². The molecule has 0 aromatic carbocycles. The molecule has 3 unspecified atom stereocenters. The Morgan fingerprint density at radius 2 is 0.703 bits per heavy atom. The van der Waals surface area contributed by atoms with Gasteiger partial charge in [-0.1, -0.05) is 214 Å². The van der Waals surface area contributed by atoms with E-state index in [1.807, 2.05) is 0 Å². The maximum absolute atomic E-state index is 12.9. The van der Waals surface area contributed by atoms with Gasteiger partial charge in [0.05, 0.1) is 19.8 Å². The Kier molecular flexibility index (Phi) is 52.5. The Morgan fingerprint density at radius 3 is 1.09 bits per heavy atom.